The lowest BCUT2D eigenvalue weighted by Crippen LogP contribution is -2.59. The van der Waals surface area contributed by atoms with Crippen molar-refractivity contribution in [3.8, 4) is 11.5 Å². The number of piperazine rings is 1. The van der Waals surface area contributed by atoms with Crippen LogP contribution in [0, 0.1) is 5.92 Å². The molecule has 1 saturated carbocycles. The van der Waals surface area contributed by atoms with Gasteiger partial charge >= 0.3 is 0 Å². The maximum atomic E-state index is 5.82. The lowest BCUT2D eigenvalue weighted by Gasteiger charge is -2.49. The van der Waals surface area contributed by atoms with E-state index >= 15 is 0 Å². The Hall–Kier alpha value is -1.26. The van der Waals surface area contributed by atoms with Crippen molar-refractivity contribution in [1.82, 2.24) is 9.80 Å². The van der Waals surface area contributed by atoms with Crippen LogP contribution in [-0.4, -0.2) is 55.2 Å². The van der Waals surface area contributed by atoms with E-state index in [9.17, 15) is 0 Å². The second-order valence-electron chi connectivity index (χ2n) is 8.52. The molecule has 0 N–H and O–H groups in total. The van der Waals surface area contributed by atoms with E-state index in [1.807, 2.05) is 6.92 Å². The maximum Gasteiger partial charge on any atom is 0.161 e. The molecule has 0 unspecified atom stereocenters. The molecular formula is C23H36N2O2. The SMILES string of the molecule is CCOc1cc(CN2CCN3CCC[C@H]3[C@@H]2C2CCCCC2)ccc1OC. The summed E-state index contributed by atoms with van der Waals surface area (Å²) in [6.07, 6.45) is 9.94. The first-order chi connectivity index (χ1) is 13.3. The average molecular weight is 373 g/mol. The molecule has 3 fully saturated rings. The topological polar surface area (TPSA) is 24.9 Å². The first-order valence-electron chi connectivity index (χ1n) is 11.1. The second-order valence-corrected chi connectivity index (χ2v) is 8.52. The maximum absolute atomic E-state index is 5.82. The zero-order chi connectivity index (χ0) is 18.6. The second kappa shape index (κ2) is 8.83. The number of fused-ring (bicyclic) bond motifs is 1. The van der Waals surface area contributed by atoms with Crippen LogP contribution in [-0.2, 0) is 6.54 Å². The van der Waals surface area contributed by atoms with E-state index in [2.05, 4.69) is 28.0 Å². The standard InChI is InChI=1S/C23H36N2O2/c1-3-27-22-16-18(11-12-21(22)26-2)17-25-15-14-24-13-7-10-20(24)23(25)19-8-5-4-6-9-19/h11-12,16,19-20,23H,3-10,13-15,17H2,1-2H3/t20-,23-/m0/s1. The molecule has 4 rings (SSSR count). The molecule has 0 amide bonds. The Morgan fingerprint density at radius 3 is 2.59 bits per heavy atom. The number of hydrogen-bond donors (Lipinski definition) is 0. The third-order valence-corrected chi connectivity index (χ3v) is 6.95. The van der Waals surface area contributed by atoms with Gasteiger partial charge in [0.1, 0.15) is 0 Å². The summed E-state index contributed by atoms with van der Waals surface area (Å²) in [5.41, 5.74) is 1.35. The van der Waals surface area contributed by atoms with Crippen LogP contribution in [0.5, 0.6) is 11.5 Å². The largest absolute Gasteiger partial charge is 0.493 e. The summed E-state index contributed by atoms with van der Waals surface area (Å²) in [4.78, 5) is 5.59. The zero-order valence-electron chi connectivity index (χ0n) is 17.2. The highest BCUT2D eigenvalue weighted by Gasteiger charge is 2.42. The Morgan fingerprint density at radius 2 is 1.81 bits per heavy atom. The molecule has 1 aromatic carbocycles. The molecule has 150 valence electrons. The number of methoxy groups -OCH3 is 1. The van der Waals surface area contributed by atoms with Gasteiger partial charge in [-0.25, -0.2) is 0 Å². The minimum Gasteiger partial charge on any atom is -0.493 e. The van der Waals surface area contributed by atoms with E-state index in [1.165, 1.54) is 70.1 Å². The van der Waals surface area contributed by atoms with Gasteiger partial charge in [0.05, 0.1) is 13.7 Å². The molecule has 4 nitrogen and oxygen atoms in total. The minimum atomic E-state index is 0.672. The highest BCUT2D eigenvalue weighted by molar-refractivity contribution is 5.43. The van der Waals surface area contributed by atoms with Gasteiger partial charge in [0.25, 0.3) is 0 Å². The van der Waals surface area contributed by atoms with Crippen LogP contribution >= 0.6 is 0 Å². The van der Waals surface area contributed by atoms with Crippen LogP contribution in [0.25, 0.3) is 0 Å². The molecule has 0 aromatic heterocycles. The van der Waals surface area contributed by atoms with Crippen molar-refractivity contribution in [2.75, 3.05) is 33.4 Å². The van der Waals surface area contributed by atoms with Gasteiger partial charge in [0.15, 0.2) is 11.5 Å². The predicted molar refractivity (Wildman–Crippen MR) is 110 cm³/mol. The van der Waals surface area contributed by atoms with Gasteiger partial charge in [0.2, 0.25) is 0 Å². The number of rotatable bonds is 6. The van der Waals surface area contributed by atoms with E-state index in [0.717, 1.165) is 36.0 Å². The summed E-state index contributed by atoms with van der Waals surface area (Å²) in [5.74, 6) is 2.60. The van der Waals surface area contributed by atoms with Gasteiger partial charge < -0.3 is 9.47 Å². The Labute approximate surface area is 164 Å². The zero-order valence-corrected chi connectivity index (χ0v) is 17.2. The fraction of sp³-hybridized carbons (Fsp3) is 0.739. The summed E-state index contributed by atoms with van der Waals surface area (Å²) in [5, 5.41) is 0. The van der Waals surface area contributed by atoms with Crippen LogP contribution in [0.3, 0.4) is 0 Å². The van der Waals surface area contributed by atoms with Gasteiger partial charge in [-0.1, -0.05) is 25.3 Å². The summed E-state index contributed by atoms with van der Waals surface area (Å²) < 4.78 is 11.3. The normalized spacial score (nSPS) is 27.5. The van der Waals surface area contributed by atoms with Crippen molar-refractivity contribution >= 4 is 0 Å². The van der Waals surface area contributed by atoms with Gasteiger partial charge in [-0.05, 0) is 62.8 Å². The van der Waals surface area contributed by atoms with Gasteiger partial charge in [-0.2, -0.15) is 0 Å². The Bertz CT molecular complexity index is 614. The van der Waals surface area contributed by atoms with Gasteiger partial charge in [0, 0.05) is 31.7 Å². The molecule has 1 aromatic rings. The van der Waals surface area contributed by atoms with Gasteiger partial charge in [-0.3, -0.25) is 9.80 Å². The molecule has 0 radical (unpaired) electrons. The summed E-state index contributed by atoms with van der Waals surface area (Å²) in [6.45, 7) is 7.50. The third kappa shape index (κ3) is 4.12. The van der Waals surface area contributed by atoms with Gasteiger partial charge in [-0.15, -0.1) is 0 Å². The van der Waals surface area contributed by atoms with Crippen molar-refractivity contribution < 1.29 is 9.47 Å². The van der Waals surface area contributed by atoms with Crippen molar-refractivity contribution in [2.45, 2.75) is 70.5 Å². The first-order valence-corrected chi connectivity index (χ1v) is 11.1. The fourth-order valence-electron chi connectivity index (χ4n) is 5.76. The number of nitrogens with zero attached hydrogens (tertiary/aromatic N) is 2. The quantitative estimate of drug-likeness (QED) is 0.742. The van der Waals surface area contributed by atoms with Crippen LogP contribution in [0.1, 0.15) is 57.4 Å². The summed E-state index contributed by atoms with van der Waals surface area (Å²) >= 11 is 0. The van der Waals surface area contributed by atoms with Crippen molar-refractivity contribution in [3.63, 3.8) is 0 Å². The first kappa shape index (κ1) is 19.1. The van der Waals surface area contributed by atoms with E-state index in [-0.39, 0.29) is 0 Å². The third-order valence-electron chi connectivity index (χ3n) is 6.95. The lowest BCUT2D eigenvalue weighted by molar-refractivity contribution is -0.00383. The average Bonchev–Trinajstić information content (AvgIpc) is 3.18. The minimum absolute atomic E-state index is 0.672. The van der Waals surface area contributed by atoms with Crippen molar-refractivity contribution in [3.05, 3.63) is 23.8 Å². The molecule has 2 heterocycles. The van der Waals surface area contributed by atoms with Crippen LogP contribution in [0.4, 0.5) is 0 Å². The van der Waals surface area contributed by atoms with E-state index in [0.29, 0.717) is 6.61 Å². The predicted octanol–water partition coefficient (Wildman–Crippen LogP) is 4.32. The molecule has 1 aliphatic carbocycles. The molecule has 2 atom stereocenters. The van der Waals surface area contributed by atoms with Crippen LogP contribution < -0.4 is 9.47 Å². The van der Waals surface area contributed by atoms with Crippen molar-refractivity contribution in [2.24, 2.45) is 5.92 Å². The number of ether oxygens (including phenoxy) is 2. The van der Waals surface area contributed by atoms with Crippen LogP contribution in [0.2, 0.25) is 0 Å². The van der Waals surface area contributed by atoms with Crippen LogP contribution in [0.15, 0.2) is 18.2 Å². The molecule has 0 spiro atoms. The Morgan fingerprint density at radius 1 is 0.963 bits per heavy atom. The number of hydrogen-bond acceptors (Lipinski definition) is 4. The highest BCUT2D eigenvalue weighted by atomic mass is 16.5. The lowest BCUT2D eigenvalue weighted by atomic mass is 9.78. The Balaban J connectivity index is 1.54. The van der Waals surface area contributed by atoms with E-state index in [4.69, 9.17) is 9.47 Å². The molecular weight excluding hydrogens is 336 g/mol. The highest BCUT2D eigenvalue weighted by Crippen LogP contribution is 2.38. The van der Waals surface area contributed by atoms with E-state index in [1.54, 1.807) is 7.11 Å². The monoisotopic (exact) mass is 372 g/mol. The molecule has 2 aliphatic heterocycles. The smallest absolute Gasteiger partial charge is 0.161 e. The molecule has 27 heavy (non-hydrogen) atoms. The van der Waals surface area contributed by atoms with Crippen molar-refractivity contribution in [1.29, 1.82) is 0 Å². The number of benzene rings is 1. The summed E-state index contributed by atoms with van der Waals surface area (Å²) in [7, 11) is 1.72. The van der Waals surface area contributed by atoms with E-state index < -0.39 is 0 Å². The molecule has 0 bridgehead atoms. The molecule has 2 saturated heterocycles. The molecule has 3 aliphatic rings. The summed E-state index contributed by atoms with van der Waals surface area (Å²) in [6, 6.07) is 8.01. The fourth-order valence-corrected chi connectivity index (χ4v) is 5.76. The molecule has 4 heteroatoms. The Kier molecular flexibility index (Phi) is 6.24.